The molecule has 1 fully saturated rings. The minimum absolute atomic E-state index is 0.0323. The number of hydrogen-bond donors (Lipinski definition) is 1. The van der Waals surface area contributed by atoms with Crippen molar-refractivity contribution in [2.45, 2.75) is 6.42 Å². The number of carbonyl (C=O) groups is 2. The predicted octanol–water partition coefficient (Wildman–Crippen LogP) is 3.06. The normalized spacial score (nSPS) is 14.1. The molecule has 2 amide bonds. The lowest BCUT2D eigenvalue weighted by Gasteiger charge is -2.36. The number of carbonyl (C=O) groups excluding carboxylic acids is 2. The molecule has 1 saturated heterocycles. The summed E-state index contributed by atoms with van der Waals surface area (Å²) in [5, 5.41) is 2.78. The van der Waals surface area contributed by atoms with E-state index in [0.29, 0.717) is 38.3 Å². The van der Waals surface area contributed by atoms with Gasteiger partial charge in [-0.15, -0.1) is 0 Å². The van der Waals surface area contributed by atoms with Gasteiger partial charge in [0.05, 0.1) is 0 Å². The van der Waals surface area contributed by atoms with Gasteiger partial charge in [0, 0.05) is 54.9 Å². The van der Waals surface area contributed by atoms with Crippen LogP contribution in [0.3, 0.4) is 0 Å². The number of amides is 2. The zero-order valence-electron chi connectivity index (χ0n) is 14.8. The molecule has 0 radical (unpaired) electrons. The van der Waals surface area contributed by atoms with E-state index in [-0.39, 0.29) is 24.1 Å². The summed E-state index contributed by atoms with van der Waals surface area (Å²) in [6, 6.07) is 13.5. The number of nitrogens with zero attached hydrogens (tertiary/aromatic N) is 2. The first-order valence-electron chi connectivity index (χ1n) is 8.85. The van der Waals surface area contributed by atoms with Crippen LogP contribution in [0.25, 0.3) is 0 Å². The van der Waals surface area contributed by atoms with Crippen molar-refractivity contribution in [2.24, 2.45) is 0 Å². The maximum Gasteiger partial charge on any atom is 0.251 e. The first-order valence-corrected chi connectivity index (χ1v) is 9.64. The minimum Gasteiger partial charge on any atom is -0.368 e. The minimum atomic E-state index is -0.252. The van der Waals surface area contributed by atoms with Crippen LogP contribution in [0.2, 0.25) is 0 Å². The number of hydrogen-bond acceptors (Lipinski definition) is 3. The van der Waals surface area contributed by atoms with E-state index in [9.17, 15) is 14.0 Å². The molecule has 0 atom stereocenters. The monoisotopic (exact) mass is 433 g/mol. The van der Waals surface area contributed by atoms with Crippen molar-refractivity contribution in [3.8, 4) is 0 Å². The van der Waals surface area contributed by atoms with E-state index in [2.05, 4.69) is 26.1 Å². The highest BCUT2D eigenvalue weighted by molar-refractivity contribution is 9.10. The lowest BCUT2D eigenvalue weighted by atomic mass is 10.2. The summed E-state index contributed by atoms with van der Waals surface area (Å²) < 4.78 is 13.9. The van der Waals surface area contributed by atoms with E-state index in [4.69, 9.17) is 0 Å². The van der Waals surface area contributed by atoms with E-state index in [1.807, 2.05) is 4.90 Å². The lowest BCUT2D eigenvalue weighted by Crippen LogP contribution is -2.49. The molecule has 0 unspecified atom stereocenters. The van der Waals surface area contributed by atoms with Crippen LogP contribution in [0.4, 0.5) is 10.1 Å². The van der Waals surface area contributed by atoms with Crippen molar-refractivity contribution in [3.63, 3.8) is 0 Å². The van der Waals surface area contributed by atoms with E-state index < -0.39 is 0 Å². The number of nitrogens with one attached hydrogen (secondary N) is 1. The number of piperazine rings is 1. The number of anilines is 1. The van der Waals surface area contributed by atoms with Crippen LogP contribution in [0.1, 0.15) is 16.8 Å². The van der Waals surface area contributed by atoms with E-state index >= 15 is 0 Å². The Bertz CT molecular complexity index is 788. The van der Waals surface area contributed by atoms with Crippen LogP contribution in [0, 0.1) is 5.82 Å². The second kappa shape index (κ2) is 8.99. The van der Waals surface area contributed by atoms with Gasteiger partial charge in [0.25, 0.3) is 5.91 Å². The molecule has 1 N–H and O–H groups in total. The van der Waals surface area contributed by atoms with E-state index in [1.165, 1.54) is 12.1 Å². The van der Waals surface area contributed by atoms with Crippen molar-refractivity contribution in [2.75, 3.05) is 37.6 Å². The Balaban J connectivity index is 1.41. The molecule has 5 nitrogen and oxygen atoms in total. The van der Waals surface area contributed by atoms with Gasteiger partial charge in [0.2, 0.25) is 5.91 Å². The van der Waals surface area contributed by atoms with Crippen LogP contribution in [0.5, 0.6) is 0 Å². The zero-order chi connectivity index (χ0) is 19.2. The van der Waals surface area contributed by atoms with Gasteiger partial charge in [0.15, 0.2) is 0 Å². The highest BCUT2D eigenvalue weighted by Gasteiger charge is 2.21. The van der Waals surface area contributed by atoms with Crippen LogP contribution < -0.4 is 10.2 Å². The number of rotatable bonds is 5. The number of benzene rings is 2. The summed E-state index contributed by atoms with van der Waals surface area (Å²) in [6.45, 7) is 2.98. The molecule has 1 heterocycles. The number of halogens is 2. The summed E-state index contributed by atoms with van der Waals surface area (Å²) in [4.78, 5) is 28.4. The van der Waals surface area contributed by atoms with Crippen LogP contribution in [0.15, 0.2) is 53.0 Å². The molecule has 0 bridgehead atoms. The summed E-state index contributed by atoms with van der Waals surface area (Å²) >= 11 is 3.33. The highest BCUT2D eigenvalue weighted by Crippen LogP contribution is 2.17. The van der Waals surface area contributed by atoms with Gasteiger partial charge in [0.1, 0.15) is 5.82 Å². The third-order valence-corrected chi connectivity index (χ3v) is 5.08. The Morgan fingerprint density at radius 2 is 1.59 bits per heavy atom. The standard InChI is InChI=1S/C20H21BrFN3O2/c21-16-3-1-15(2-4-16)20(27)23-10-9-19(26)25-13-11-24(12-14-25)18-7-5-17(22)6-8-18/h1-8H,9-14H2,(H,23,27). The third-order valence-electron chi connectivity index (χ3n) is 4.55. The molecule has 0 aliphatic carbocycles. The Morgan fingerprint density at radius 1 is 0.963 bits per heavy atom. The van der Waals surface area contributed by atoms with Gasteiger partial charge in [-0.3, -0.25) is 9.59 Å². The zero-order valence-corrected chi connectivity index (χ0v) is 16.4. The summed E-state index contributed by atoms with van der Waals surface area (Å²) in [6.07, 6.45) is 0.277. The second-order valence-corrected chi connectivity index (χ2v) is 7.27. The predicted molar refractivity (Wildman–Crippen MR) is 106 cm³/mol. The molecule has 1 aliphatic heterocycles. The molecule has 27 heavy (non-hydrogen) atoms. The second-order valence-electron chi connectivity index (χ2n) is 6.36. The average molecular weight is 434 g/mol. The molecule has 0 saturated carbocycles. The Morgan fingerprint density at radius 3 is 2.22 bits per heavy atom. The molecular weight excluding hydrogens is 413 g/mol. The topological polar surface area (TPSA) is 52.7 Å². The van der Waals surface area contributed by atoms with Gasteiger partial charge in [-0.25, -0.2) is 4.39 Å². The maximum atomic E-state index is 13.0. The van der Waals surface area contributed by atoms with Crippen LogP contribution >= 0.6 is 15.9 Å². The van der Waals surface area contributed by atoms with Crippen molar-refractivity contribution in [1.82, 2.24) is 10.2 Å². The Kier molecular flexibility index (Phi) is 6.45. The van der Waals surface area contributed by atoms with E-state index in [0.717, 1.165) is 10.2 Å². The maximum absolute atomic E-state index is 13.0. The van der Waals surface area contributed by atoms with Crippen molar-refractivity contribution in [3.05, 3.63) is 64.4 Å². The van der Waals surface area contributed by atoms with Gasteiger partial charge in [-0.2, -0.15) is 0 Å². The fourth-order valence-corrected chi connectivity index (χ4v) is 3.27. The Labute approximate surface area is 166 Å². The molecule has 2 aromatic carbocycles. The fourth-order valence-electron chi connectivity index (χ4n) is 3.01. The molecule has 0 aromatic heterocycles. The van der Waals surface area contributed by atoms with Crippen molar-refractivity contribution < 1.29 is 14.0 Å². The largest absolute Gasteiger partial charge is 0.368 e. The highest BCUT2D eigenvalue weighted by atomic mass is 79.9. The first kappa shape index (κ1) is 19.4. The van der Waals surface area contributed by atoms with Crippen molar-refractivity contribution >= 4 is 33.4 Å². The van der Waals surface area contributed by atoms with Crippen LogP contribution in [-0.4, -0.2) is 49.4 Å². The molecule has 3 rings (SSSR count). The van der Waals surface area contributed by atoms with Gasteiger partial charge in [-0.05, 0) is 48.5 Å². The lowest BCUT2D eigenvalue weighted by molar-refractivity contribution is -0.131. The molecule has 0 spiro atoms. The van der Waals surface area contributed by atoms with Gasteiger partial charge in [-0.1, -0.05) is 15.9 Å². The van der Waals surface area contributed by atoms with Crippen LogP contribution in [-0.2, 0) is 4.79 Å². The smallest absolute Gasteiger partial charge is 0.251 e. The average Bonchev–Trinajstić information content (AvgIpc) is 2.69. The first-order chi connectivity index (χ1) is 13.0. The summed E-state index contributed by atoms with van der Waals surface area (Å²) in [7, 11) is 0. The quantitative estimate of drug-likeness (QED) is 0.787. The van der Waals surface area contributed by atoms with Crippen molar-refractivity contribution in [1.29, 1.82) is 0 Å². The molecule has 2 aromatic rings. The molecule has 142 valence electrons. The summed E-state index contributed by atoms with van der Waals surface area (Å²) in [5.41, 5.74) is 1.53. The molecule has 7 heteroatoms. The molecule has 1 aliphatic rings. The third kappa shape index (κ3) is 5.29. The molecular formula is C20H21BrFN3O2. The Hall–Kier alpha value is -2.41. The van der Waals surface area contributed by atoms with Gasteiger partial charge < -0.3 is 15.1 Å². The van der Waals surface area contributed by atoms with E-state index in [1.54, 1.807) is 36.4 Å². The fraction of sp³-hybridized carbons (Fsp3) is 0.300. The SMILES string of the molecule is O=C(NCCC(=O)N1CCN(c2ccc(F)cc2)CC1)c1ccc(Br)cc1. The summed E-state index contributed by atoms with van der Waals surface area (Å²) in [5.74, 6) is -0.404. The van der Waals surface area contributed by atoms with Gasteiger partial charge >= 0.3 is 0 Å².